The number of anilines is 1. The molecule has 5 rings (SSSR count). The number of alkyl carbamates (subject to hydrolysis) is 1. The van der Waals surface area contributed by atoms with E-state index in [9.17, 15) is 29.1 Å². The number of nitrogens with zero attached hydrogens (tertiary/aromatic N) is 2. The van der Waals surface area contributed by atoms with Crippen molar-refractivity contribution in [2.75, 3.05) is 104 Å². The molecule has 21 heteroatoms. The van der Waals surface area contributed by atoms with Crippen LogP contribution in [0.15, 0.2) is 48.1 Å². The third-order valence-electron chi connectivity index (χ3n) is 12.7. The van der Waals surface area contributed by atoms with Crippen LogP contribution in [0.2, 0.25) is 5.02 Å². The summed E-state index contributed by atoms with van der Waals surface area (Å²) in [5.74, 6) is -2.29. The standard InChI is InChI=1S/C50H72ClN5O15/c1-33-8-7-9-35(3)50(62)32-39(69-48(61)54-50)36(4)47-49(5,71-47)40(31-44(59)55(6)38-30-37(28-33)29-34(2)46(38)51)70-45(60)13-16-63-18-20-65-22-24-67-26-27-68-25-23-66-21-19-64-17-14-53-42(57)12-15-56-41(52)10-11-43(56)58/h7-11,29-30,35-36,39-40,47,52,62H,12-28,31-32H2,1-6H3,(H,53,57)(H,54,61)/b9-7+,33-8+,52-41?/t35-,36-,39?,40+,47+,49+,50+/m1/s1. The molecule has 1 aromatic rings. The van der Waals surface area contributed by atoms with Gasteiger partial charge in [-0.15, -0.1) is 0 Å². The first kappa shape index (κ1) is 57.1. The predicted octanol–water partition coefficient (Wildman–Crippen LogP) is 3.96. The molecule has 4 heterocycles. The number of esters is 1. The van der Waals surface area contributed by atoms with E-state index in [4.69, 9.17) is 59.6 Å². The quantitative estimate of drug-likeness (QED) is 0.0615. The van der Waals surface area contributed by atoms with E-state index < -0.39 is 53.5 Å². The smallest absolute Gasteiger partial charge is 0.409 e. The number of amidine groups is 1. The molecule has 0 aliphatic carbocycles. The first-order chi connectivity index (χ1) is 33.9. The minimum absolute atomic E-state index is 0.0494. The molecule has 1 aromatic carbocycles. The number of halogens is 1. The number of hydrogen-bond donors (Lipinski definition) is 4. The lowest BCUT2D eigenvalue weighted by Crippen LogP contribution is -2.60. The molecule has 4 N–H and O–H groups in total. The fourth-order valence-corrected chi connectivity index (χ4v) is 8.60. The van der Waals surface area contributed by atoms with Gasteiger partial charge in [-0.25, -0.2) is 4.79 Å². The van der Waals surface area contributed by atoms with Gasteiger partial charge in [0.2, 0.25) is 11.8 Å². The maximum atomic E-state index is 14.1. The van der Waals surface area contributed by atoms with Crippen LogP contribution >= 0.6 is 11.6 Å². The summed E-state index contributed by atoms with van der Waals surface area (Å²) in [7, 11) is 1.64. The van der Waals surface area contributed by atoms with Gasteiger partial charge < -0.3 is 58.0 Å². The van der Waals surface area contributed by atoms with Crippen molar-refractivity contribution >= 4 is 52.9 Å². The first-order valence-electron chi connectivity index (χ1n) is 24.2. The number of epoxide rings is 1. The van der Waals surface area contributed by atoms with Crippen molar-refractivity contribution in [2.45, 2.75) is 96.4 Å². The number of amides is 4. The van der Waals surface area contributed by atoms with Crippen molar-refractivity contribution in [1.82, 2.24) is 15.5 Å². The molecule has 2 saturated heterocycles. The van der Waals surface area contributed by atoms with Crippen LogP contribution < -0.4 is 15.5 Å². The lowest BCUT2D eigenvalue weighted by atomic mass is 9.82. The third kappa shape index (κ3) is 17.5. The van der Waals surface area contributed by atoms with Crippen molar-refractivity contribution in [3.8, 4) is 0 Å². The minimum Gasteiger partial charge on any atom is -0.459 e. The summed E-state index contributed by atoms with van der Waals surface area (Å²) in [6.07, 6.45) is 5.68. The van der Waals surface area contributed by atoms with Crippen molar-refractivity contribution in [1.29, 1.82) is 5.41 Å². The highest BCUT2D eigenvalue weighted by atomic mass is 35.5. The van der Waals surface area contributed by atoms with E-state index in [2.05, 4.69) is 10.6 Å². The fourth-order valence-electron chi connectivity index (χ4n) is 8.37. The number of carbonyl (C=O) groups is 5. The first-order valence-corrected chi connectivity index (χ1v) is 24.6. The average Bonchev–Trinajstić information content (AvgIpc) is 3.92. The summed E-state index contributed by atoms with van der Waals surface area (Å²) in [6.45, 7) is 13.6. The highest BCUT2D eigenvalue weighted by molar-refractivity contribution is 6.34. The zero-order chi connectivity index (χ0) is 51.6. The van der Waals surface area contributed by atoms with E-state index in [0.29, 0.717) is 83.1 Å². The van der Waals surface area contributed by atoms with Crippen LogP contribution in [0.3, 0.4) is 0 Å². The van der Waals surface area contributed by atoms with E-state index in [-0.39, 0.29) is 75.6 Å². The number of carbonyl (C=O) groups excluding carboxylic acids is 5. The molecule has 7 atom stereocenters. The largest absolute Gasteiger partial charge is 0.459 e. The van der Waals surface area contributed by atoms with Gasteiger partial charge in [0.1, 0.15) is 29.4 Å². The van der Waals surface area contributed by atoms with Gasteiger partial charge in [0.25, 0.3) is 5.91 Å². The number of ether oxygens (including phenoxy) is 9. The Bertz CT molecular complexity index is 2090. The van der Waals surface area contributed by atoms with Crippen LogP contribution in [0.5, 0.6) is 0 Å². The van der Waals surface area contributed by atoms with Gasteiger partial charge in [-0.1, -0.05) is 55.3 Å². The molecule has 4 aliphatic rings. The minimum atomic E-state index is -1.60. The van der Waals surface area contributed by atoms with Gasteiger partial charge in [-0.3, -0.25) is 34.8 Å². The van der Waals surface area contributed by atoms with Gasteiger partial charge >= 0.3 is 12.1 Å². The van der Waals surface area contributed by atoms with Crippen LogP contribution in [0.25, 0.3) is 0 Å². The number of hydrogen-bond acceptors (Lipinski definition) is 16. The summed E-state index contributed by atoms with van der Waals surface area (Å²) >= 11 is 6.79. The maximum absolute atomic E-state index is 14.1. The van der Waals surface area contributed by atoms with E-state index in [1.807, 2.05) is 58.1 Å². The SMILES string of the molecule is C/C1=C\C=C\[C@@H](C)[C@@]2(O)CC(OC(=O)N2)[C@@H](C)[C@@H]2O[C@@]2(C)[C@@H](OC(=O)CCOCCOCCOCCOCCOCCOCCNC(=O)CCN2C(=N)C=CC2=O)CC(=O)N(C)c2cc(cc(C)c2Cl)C1. The predicted molar refractivity (Wildman–Crippen MR) is 261 cm³/mol. The van der Waals surface area contributed by atoms with Gasteiger partial charge in [-0.2, -0.15) is 0 Å². The van der Waals surface area contributed by atoms with Gasteiger partial charge in [0, 0.05) is 50.9 Å². The number of allylic oxidation sites excluding steroid dienone is 3. The molecule has 4 amide bonds. The molecular weight excluding hydrogens is 946 g/mol. The monoisotopic (exact) mass is 1020 g/mol. The van der Waals surface area contributed by atoms with Crippen LogP contribution in [-0.2, 0) is 68.2 Å². The summed E-state index contributed by atoms with van der Waals surface area (Å²) < 4.78 is 51.2. The number of aryl methyl sites for hydroxylation is 1. The zero-order valence-corrected chi connectivity index (χ0v) is 42.6. The van der Waals surface area contributed by atoms with E-state index >= 15 is 0 Å². The summed E-state index contributed by atoms with van der Waals surface area (Å²) in [6, 6.07) is 3.86. The highest BCUT2D eigenvalue weighted by Crippen LogP contribution is 2.49. The summed E-state index contributed by atoms with van der Waals surface area (Å²) in [5.41, 5.74) is 0.563. The lowest BCUT2D eigenvalue weighted by molar-refractivity contribution is -0.155. The Kier molecular flexibility index (Phi) is 22.4. The third-order valence-corrected chi connectivity index (χ3v) is 13.2. The molecule has 0 spiro atoms. The average molecular weight is 1020 g/mol. The molecule has 0 saturated carbocycles. The van der Waals surface area contributed by atoms with Crippen molar-refractivity contribution in [3.63, 3.8) is 0 Å². The molecule has 394 valence electrons. The number of aliphatic hydroxyl groups is 1. The number of benzene rings is 1. The van der Waals surface area contributed by atoms with Gasteiger partial charge in [-0.05, 0) is 50.5 Å². The topological polar surface area (TPSA) is 246 Å². The Morgan fingerprint density at radius 3 is 2.11 bits per heavy atom. The normalized spacial score (nSPS) is 26.9. The second-order valence-corrected chi connectivity index (χ2v) is 18.6. The van der Waals surface area contributed by atoms with Crippen molar-refractivity contribution in [3.05, 3.63) is 64.2 Å². The molecule has 0 aromatic heterocycles. The number of nitrogens with one attached hydrogen (secondary N) is 3. The van der Waals surface area contributed by atoms with Gasteiger partial charge in [0.05, 0.1) is 109 Å². The Labute approximate surface area is 421 Å². The number of fused-ring (bicyclic) bond motifs is 5. The second kappa shape index (κ2) is 27.9. The molecule has 2 fully saturated rings. The van der Waals surface area contributed by atoms with Crippen LogP contribution in [0.1, 0.15) is 64.5 Å². The molecule has 0 radical (unpaired) electrons. The molecule has 1 unspecified atom stereocenters. The summed E-state index contributed by atoms with van der Waals surface area (Å²) in [4.78, 5) is 66.5. The molecule has 4 aliphatic heterocycles. The van der Waals surface area contributed by atoms with Gasteiger partial charge in [0.15, 0.2) is 0 Å². The van der Waals surface area contributed by atoms with Crippen LogP contribution in [-0.4, -0.2) is 175 Å². The Morgan fingerprint density at radius 2 is 1.51 bits per heavy atom. The maximum Gasteiger partial charge on any atom is 0.409 e. The molecule has 4 bridgehead atoms. The van der Waals surface area contributed by atoms with Crippen molar-refractivity contribution in [2.24, 2.45) is 11.8 Å². The highest BCUT2D eigenvalue weighted by Gasteiger charge is 2.64. The summed E-state index contributed by atoms with van der Waals surface area (Å²) in [5, 5.41) is 25.1. The van der Waals surface area contributed by atoms with Crippen LogP contribution in [0.4, 0.5) is 10.5 Å². The Balaban J connectivity index is 0.960. The Hall–Kier alpha value is -4.77. The van der Waals surface area contributed by atoms with E-state index in [0.717, 1.165) is 16.7 Å². The second-order valence-electron chi connectivity index (χ2n) is 18.3. The van der Waals surface area contributed by atoms with Crippen LogP contribution in [0, 0.1) is 24.2 Å². The molecule has 71 heavy (non-hydrogen) atoms. The molecular formula is C50H72ClN5O15. The molecule has 20 nitrogen and oxygen atoms in total. The van der Waals surface area contributed by atoms with E-state index in [1.54, 1.807) is 14.0 Å². The fraction of sp³-hybridized carbons (Fsp3) is 0.640. The van der Waals surface area contributed by atoms with Crippen molar-refractivity contribution < 1.29 is 71.7 Å². The Morgan fingerprint density at radius 1 is 0.901 bits per heavy atom. The lowest BCUT2D eigenvalue weighted by Gasteiger charge is -2.41. The zero-order valence-electron chi connectivity index (χ0n) is 41.8. The van der Waals surface area contributed by atoms with E-state index in [1.165, 1.54) is 22.0 Å². The number of rotatable bonds is 25.